The smallest absolute Gasteiger partial charge is 0.270 e. The van der Waals surface area contributed by atoms with E-state index in [4.69, 9.17) is 11.6 Å². The average molecular weight is 373 g/mol. The Morgan fingerprint density at radius 2 is 1.96 bits per heavy atom. The quantitative estimate of drug-likeness (QED) is 0.680. The van der Waals surface area contributed by atoms with Crippen molar-refractivity contribution in [1.29, 1.82) is 0 Å². The molecule has 25 heavy (non-hydrogen) atoms. The molecule has 5 nitrogen and oxygen atoms in total. The van der Waals surface area contributed by atoms with Gasteiger partial charge in [0.1, 0.15) is 11.5 Å². The van der Waals surface area contributed by atoms with Gasteiger partial charge in [-0.3, -0.25) is 4.79 Å². The van der Waals surface area contributed by atoms with Crippen LogP contribution in [-0.4, -0.2) is 22.4 Å². The van der Waals surface area contributed by atoms with Crippen molar-refractivity contribution >= 4 is 39.8 Å². The van der Waals surface area contributed by atoms with Gasteiger partial charge in [0.05, 0.1) is 0 Å². The second-order valence-corrected chi connectivity index (χ2v) is 6.75. The second kappa shape index (κ2) is 8.09. The van der Waals surface area contributed by atoms with Crippen molar-refractivity contribution in [2.45, 2.75) is 13.3 Å². The maximum atomic E-state index is 12.2. The molecule has 2 heterocycles. The van der Waals surface area contributed by atoms with Gasteiger partial charge in [-0.1, -0.05) is 29.8 Å². The molecule has 2 N–H and O–H groups in total. The summed E-state index contributed by atoms with van der Waals surface area (Å²) in [4.78, 5) is 20.8. The highest BCUT2D eigenvalue weighted by Crippen LogP contribution is 2.19. The first-order chi connectivity index (χ1) is 12.1. The number of nitrogens with zero attached hydrogens (tertiary/aromatic N) is 2. The van der Waals surface area contributed by atoms with E-state index in [2.05, 4.69) is 20.6 Å². The van der Waals surface area contributed by atoms with E-state index < -0.39 is 0 Å². The van der Waals surface area contributed by atoms with Crippen LogP contribution in [-0.2, 0) is 6.42 Å². The zero-order valence-corrected chi connectivity index (χ0v) is 15.2. The van der Waals surface area contributed by atoms with Gasteiger partial charge in [0.2, 0.25) is 0 Å². The van der Waals surface area contributed by atoms with Crippen LogP contribution < -0.4 is 10.6 Å². The van der Waals surface area contributed by atoms with Crippen LogP contribution in [0.5, 0.6) is 0 Å². The molecule has 0 aliphatic heterocycles. The fourth-order valence-electron chi connectivity index (χ4n) is 2.22. The van der Waals surface area contributed by atoms with Gasteiger partial charge in [-0.15, -0.1) is 11.3 Å². The summed E-state index contributed by atoms with van der Waals surface area (Å²) in [7, 11) is 0. The normalized spacial score (nSPS) is 10.5. The van der Waals surface area contributed by atoms with E-state index in [1.807, 2.05) is 49.4 Å². The molecule has 1 amide bonds. The molecule has 0 saturated carbocycles. The summed E-state index contributed by atoms with van der Waals surface area (Å²) in [6.45, 7) is 2.47. The van der Waals surface area contributed by atoms with Crippen LogP contribution in [0.3, 0.4) is 0 Å². The number of rotatable bonds is 6. The second-order valence-electron chi connectivity index (χ2n) is 5.46. The van der Waals surface area contributed by atoms with Crippen LogP contribution in [0, 0.1) is 6.92 Å². The van der Waals surface area contributed by atoms with Crippen molar-refractivity contribution < 1.29 is 4.79 Å². The third-order valence-corrected chi connectivity index (χ3v) is 4.48. The molecule has 128 valence electrons. The van der Waals surface area contributed by atoms with Crippen LogP contribution >= 0.6 is 22.9 Å². The van der Waals surface area contributed by atoms with Crippen LogP contribution in [0.15, 0.2) is 47.8 Å². The zero-order chi connectivity index (χ0) is 17.6. The molecule has 0 radical (unpaired) electrons. The number of anilines is 2. The van der Waals surface area contributed by atoms with Gasteiger partial charge in [-0.05, 0) is 43.2 Å². The van der Waals surface area contributed by atoms with Gasteiger partial charge in [-0.25, -0.2) is 9.97 Å². The number of thiazole rings is 1. The lowest BCUT2D eigenvalue weighted by atomic mass is 10.1. The Hall–Kier alpha value is -2.44. The van der Waals surface area contributed by atoms with E-state index in [-0.39, 0.29) is 5.91 Å². The van der Waals surface area contributed by atoms with E-state index in [9.17, 15) is 4.79 Å². The maximum absolute atomic E-state index is 12.2. The predicted molar refractivity (Wildman–Crippen MR) is 102 cm³/mol. The SMILES string of the molecule is Cc1cccc(Nc2nc(C(=O)NCCc3ccc(Cl)cc3)cs2)n1. The summed E-state index contributed by atoms with van der Waals surface area (Å²) in [5.41, 5.74) is 2.44. The lowest BCUT2D eigenvalue weighted by molar-refractivity contribution is 0.0950. The number of carbonyl (C=O) groups excluding carboxylic acids is 1. The van der Waals surface area contributed by atoms with Gasteiger partial charge < -0.3 is 10.6 Å². The molecular formula is C18H17ClN4OS. The summed E-state index contributed by atoms with van der Waals surface area (Å²) in [5, 5.41) is 9.07. The number of hydrogen-bond acceptors (Lipinski definition) is 5. The standard InChI is InChI=1S/C18H17ClN4OS/c1-12-3-2-4-16(21-12)23-18-22-15(11-25-18)17(24)20-10-9-13-5-7-14(19)8-6-13/h2-8,11H,9-10H2,1H3,(H,20,24)(H,21,22,23). The molecule has 2 aromatic heterocycles. The fraction of sp³-hybridized carbons (Fsp3) is 0.167. The third-order valence-electron chi connectivity index (χ3n) is 3.47. The van der Waals surface area contributed by atoms with Crippen LogP contribution in [0.4, 0.5) is 10.9 Å². The van der Waals surface area contributed by atoms with E-state index >= 15 is 0 Å². The van der Waals surface area contributed by atoms with Gasteiger partial charge in [0, 0.05) is 22.6 Å². The summed E-state index contributed by atoms with van der Waals surface area (Å²) >= 11 is 7.23. The van der Waals surface area contributed by atoms with Crippen molar-refractivity contribution in [1.82, 2.24) is 15.3 Å². The Balaban J connectivity index is 1.52. The van der Waals surface area contributed by atoms with Crippen molar-refractivity contribution in [3.8, 4) is 0 Å². The highest BCUT2D eigenvalue weighted by Gasteiger charge is 2.10. The highest BCUT2D eigenvalue weighted by molar-refractivity contribution is 7.14. The number of amides is 1. The number of halogens is 1. The molecule has 7 heteroatoms. The summed E-state index contributed by atoms with van der Waals surface area (Å²) in [6.07, 6.45) is 0.741. The predicted octanol–water partition coefficient (Wildman–Crippen LogP) is 4.22. The van der Waals surface area contributed by atoms with E-state index in [1.165, 1.54) is 11.3 Å². The van der Waals surface area contributed by atoms with Crippen molar-refractivity contribution in [2.24, 2.45) is 0 Å². The molecule has 0 unspecified atom stereocenters. The fourth-order valence-corrected chi connectivity index (χ4v) is 3.04. The number of benzene rings is 1. The van der Waals surface area contributed by atoms with Crippen LogP contribution in [0.2, 0.25) is 5.02 Å². The zero-order valence-electron chi connectivity index (χ0n) is 13.6. The minimum Gasteiger partial charge on any atom is -0.350 e. The number of carbonyl (C=O) groups is 1. The molecule has 0 saturated heterocycles. The van der Waals surface area contributed by atoms with Gasteiger partial charge in [0.25, 0.3) is 5.91 Å². The molecule has 0 aliphatic rings. The number of aromatic nitrogens is 2. The lowest BCUT2D eigenvalue weighted by Crippen LogP contribution is -2.25. The lowest BCUT2D eigenvalue weighted by Gasteiger charge is -2.04. The Labute approximate surface area is 155 Å². The Bertz CT molecular complexity index is 864. The van der Waals surface area contributed by atoms with Crippen molar-refractivity contribution in [2.75, 3.05) is 11.9 Å². The van der Waals surface area contributed by atoms with E-state index in [1.54, 1.807) is 5.38 Å². The molecule has 0 spiro atoms. The first kappa shape index (κ1) is 17.4. The topological polar surface area (TPSA) is 66.9 Å². The molecule has 0 bridgehead atoms. The molecule has 0 atom stereocenters. The molecule has 1 aromatic carbocycles. The Morgan fingerprint density at radius 1 is 1.16 bits per heavy atom. The summed E-state index contributed by atoms with van der Waals surface area (Å²) in [5.74, 6) is 0.527. The van der Waals surface area contributed by atoms with E-state index in [0.717, 1.165) is 17.7 Å². The minimum atomic E-state index is -0.185. The first-order valence-electron chi connectivity index (χ1n) is 7.79. The molecule has 3 aromatic rings. The summed E-state index contributed by atoms with van der Waals surface area (Å²) < 4.78 is 0. The summed E-state index contributed by atoms with van der Waals surface area (Å²) in [6, 6.07) is 13.3. The van der Waals surface area contributed by atoms with Crippen LogP contribution in [0.25, 0.3) is 0 Å². The van der Waals surface area contributed by atoms with Crippen LogP contribution in [0.1, 0.15) is 21.7 Å². The Morgan fingerprint density at radius 3 is 2.72 bits per heavy atom. The molecular weight excluding hydrogens is 356 g/mol. The number of hydrogen-bond donors (Lipinski definition) is 2. The minimum absolute atomic E-state index is 0.185. The number of pyridine rings is 1. The highest BCUT2D eigenvalue weighted by atomic mass is 35.5. The van der Waals surface area contributed by atoms with Gasteiger partial charge in [-0.2, -0.15) is 0 Å². The van der Waals surface area contributed by atoms with Crippen molar-refractivity contribution in [3.05, 3.63) is 69.8 Å². The number of nitrogens with one attached hydrogen (secondary N) is 2. The number of aryl methyl sites for hydroxylation is 1. The van der Waals surface area contributed by atoms with Gasteiger partial charge in [0.15, 0.2) is 5.13 Å². The molecule has 3 rings (SSSR count). The molecule has 0 aliphatic carbocycles. The van der Waals surface area contributed by atoms with Crippen molar-refractivity contribution in [3.63, 3.8) is 0 Å². The average Bonchev–Trinajstić information content (AvgIpc) is 3.05. The first-order valence-corrected chi connectivity index (χ1v) is 9.05. The monoisotopic (exact) mass is 372 g/mol. The van der Waals surface area contributed by atoms with Gasteiger partial charge >= 0.3 is 0 Å². The maximum Gasteiger partial charge on any atom is 0.270 e. The third kappa shape index (κ3) is 5.01. The largest absolute Gasteiger partial charge is 0.350 e. The Kier molecular flexibility index (Phi) is 5.63. The molecule has 0 fully saturated rings. The van der Waals surface area contributed by atoms with E-state index in [0.29, 0.717) is 28.2 Å².